The Hall–Kier alpha value is -2.63. The summed E-state index contributed by atoms with van der Waals surface area (Å²) in [4.78, 5) is 34.9. The normalized spacial score (nSPS) is 14.8. The Labute approximate surface area is 152 Å². The van der Waals surface area contributed by atoms with E-state index < -0.39 is 17.9 Å². The van der Waals surface area contributed by atoms with Crippen LogP contribution in [-0.4, -0.2) is 28.1 Å². The van der Waals surface area contributed by atoms with E-state index in [9.17, 15) is 19.5 Å². The highest BCUT2D eigenvalue weighted by atomic mass is 16.5. The van der Waals surface area contributed by atoms with Crippen molar-refractivity contribution < 1.29 is 29.3 Å². The summed E-state index contributed by atoms with van der Waals surface area (Å²) in [5, 5.41) is 18.7. The smallest absolute Gasteiger partial charge is 0.339 e. The van der Waals surface area contributed by atoms with E-state index in [4.69, 9.17) is 9.84 Å². The Bertz CT molecular complexity index is 803. The number of carboxylic acid groups (broad SMARTS) is 2. The number of carboxylic acids is 2. The summed E-state index contributed by atoms with van der Waals surface area (Å²) in [6.45, 7) is 7.61. The predicted octanol–water partition coefficient (Wildman–Crippen LogP) is 3.53. The van der Waals surface area contributed by atoms with Gasteiger partial charge in [-0.1, -0.05) is 25.5 Å². The summed E-state index contributed by atoms with van der Waals surface area (Å²) in [6, 6.07) is 0. The van der Waals surface area contributed by atoms with E-state index in [0.29, 0.717) is 24.0 Å². The first-order valence-electron chi connectivity index (χ1n) is 8.64. The Morgan fingerprint density at radius 3 is 2.46 bits per heavy atom. The molecule has 2 N–H and O–H groups in total. The van der Waals surface area contributed by atoms with Gasteiger partial charge in [-0.3, -0.25) is 4.79 Å². The first-order chi connectivity index (χ1) is 12.2. The van der Waals surface area contributed by atoms with Crippen molar-refractivity contribution in [3.8, 4) is 0 Å². The molecule has 0 radical (unpaired) electrons. The monoisotopic (exact) mass is 360 g/mol. The minimum atomic E-state index is -1.14. The zero-order valence-corrected chi connectivity index (χ0v) is 15.5. The van der Waals surface area contributed by atoms with Crippen LogP contribution in [0.1, 0.15) is 70.2 Å². The lowest BCUT2D eigenvalue weighted by molar-refractivity contribution is -0.137. The second kappa shape index (κ2) is 7.72. The molecule has 0 fully saturated rings. The zero-order valence-electron chi connectivity index (χ0n) is 15.5. The molecule has 1 unspecified atom stereocenters. The van der Waals surface area contributed by atoms with Crippen molar-refractivity contribution in [2.75, 3.05) is 0 Å². The highest BCUT2D eigenvalue weighted by Gasteiger charge is 2.33. The molecule has 1 aliphatic rings. The fraction of sp³-hybridized carbons (Fsp3) is 0.450. The number of cyclic esters (lactones) is 1. The van der Waals surface area contributed by atoms with Crippen LogP contribution < -0.4 is 0 Å². The van der Waals surface area contributed by atoms with Gasteiger partial charge in [0.05, 0.1) is 17.5 Å². The van der Waals surface area contributed by atoms with E-state index in [1.165, 1.54) is 0 Å². The second-order valence-electron chi connectivity index (χ2n) is 6.70. The van der Waals surface area contributed by atoms with E-state index in [-0.39, 0.29) is 30.1 Å². The molecule has 6 heteroatoms. The number of fused-ring (bicyclic) bond motifs is 1. The largest absolute Gasteiger partial charge is 0.481 e. The molecule has 1 aromatic rings. The lowest BCUT2D eigenvalue weighted by Gasteiger charge is -2.18. The average molecular weight is 360 g/mol. The molecule has 1 aliphatic heterocycles. The molecule has 140 valence electrons. The van der Waals surface area contributed by atoms with Gasteiger partial charge >= 0.3 is 17.9 Å². The minimum absolute atomic E-state index is 0.0138. The molecule has 0 amide bonds. The highest BCUT2D eigenvalue weighted by molar-refractivity contribution is 6.06. The summed E-state index contributed by atoms with van der Waals surface area (Å²) in [7, 11) is 0. The van der Waals surface area contributed by atoms with Gasteiger partial charge in [-0.05, 0) is 49.3 Å². The maximum atomic E-state index is 12.1. The molecule has 26 heavy (non-hydrogen) atoms. The quantitative estimate of drug-likeness (QED) is 0.570. The summed E-state index contributed by atoms with van der Waals surface area (Å²) in [5.41, 5.74) is 4.13. The van der Waals surface area contributed by atoms with Crippen molar-refractivity contribution in [3.63, 3.8) is 0 Å². The maximum Gasteiger partial charge on any atom is 0.339 e. The third-order valence-electron chi connectivity index (χ3n) is 5.13. The summed E-state index contributed by atoms with van der Waals surface area (Å²) in [5.74, 6) is -2.76. The first kappa shape index (κ1) is 19.7. The fourth-order valence-corrected chi connectivity index (χ4v) is 3.49. The van der Waals surface area contributed by atoms with E-state index >= 15 is 0 Å². The van der Waals surface area contributed by atoms with Crippen LogP contribution in [-0.2, 0) is 29.0 Å². The Morgan fingerprint density at radius 1 is 1.27 bits per heavy atom. The molecule has 1 atom stereocenters. The van der Waals surface area contributed by atoms with Gasteiger partial charge in [0.2, 0.25) is 0 Å². The SMILES string of the molecule is CCc1c(C)c2c(c(C(=O)O)c1C/C=C(\C)C(C)CC(=O)O)C(=O)OC2. The molecule has 0 saturated carbocycles. The van der Waals surface area contributed by atoms with Crippen LogP contribution in [0.2, 0.25) is 0 Å². The number of carbonyl (C=O) groups is 3. The van der Waals surface area contributed by atoms with Gasteiger partial charge in [0.1, 0.15) is 6.61 Å². The van der Waals surface area contributed by atoms with Gasteiger partial charge in [-0.25, -0.2) is 9.59 Å². The van der Waals surface area contributed by atoms with E-state index in [1.807, 2.05) is 33.8 Å². The molecule has 0 bridgehead atoms. The number of benzene rings is 1. The van der Waals surface area contributed by atoms with E-state index in [0.717, 1.165) is 16.7 Å². The number of aromatic carboxylic acids is 1. The average Bonchev–Trinajstić information content (AvgIpc) is 2.93. The molecule has 0 aromatic heterocycles. The number of ether oxygens (including phenoxy) is 1. The highest BCUT2D eigenvalue weighted by Crippen LogP contribution is 2.34. The number of hydrogen-bond donors (Lipinski definition) is 2. The molecular formula is C20H24O6. The first-order valence-corrected chi connectivity index (χ1v) is 8.64. The number of rotatable bonds is 7. The van der Waals surface area contributed by atoms with Gasteiger partial charge in [0.25, 0.3) is 0 Å². The van der Waals surface area contributed by atoms with Gasteiger partial charge in [-0.2, -0.15) is 0 Å². The van der Waals surface area contributed by atoms with Gasteiger partial charge in [0, 0.05) is 5.56 Å². The number of aliphatic carboxylic acids is 1. The second-order valence-corrected chi connectivity index (χ2v) is 6.70. The molecule has 0 saturated heterocycles. The van der Waals surface area contributed by atoms with Crippen LogP contribution in [0.15, 0.2) is 11.6 Å². The van der Waals surface area contributed by atoms with Crippen LogP contribution in [0.25, 0.3) is 0 Å². The third-order valence-corrected chi connectivity index (χ3v) is 5.13. The van der Waals surface area contributed by atoms with E-state index in [1.54, 1.807) is 0 Å². The van der Waals surface area contributed by atoms with Gasteiger partial charge in [0.15, 0.2) is 0 Å². The van der Waals surface area contributed by atoms with Crippen LogP contribution in [0, 0.1) is 12.8 Å². The summed E-state index contributed by atoms with van der Waals surface area (Å²) >= 11 is 0. The van der Waals surface area contributed by atoms with Crippen molar-refractivity contribution in [3.05, 3.63) is 45.0 Å². The summed E-state index contributed by atoms with van der Waals surface area (Å²) < 4.78 is 5.07. The molecule has 1 heterocycles. The van der Waals surface area contributed by atoms with Crippen molar-refractivity contribution in [2.24, 2.45) is 5.92 Å². The van der Waals surface area contributed by atoms with Crippen LogP contribution in [0.3, 0.4) is 0 Å². The zero-order chi connectivity index (χ0) is 19.6. The number of hydrogen-bond acceptors (Lipinski definition) is 4. The topological polar surface area (TPSA) is 101 Å². The molecule has 1 aromatic carbocycles. The van der Waals surface area contributed by atoms with Gasteiger partial charge in [-0.15, -0.1) is 0 Å². The Kier molecular flexibility index (Phi) is 5.85. The molecule has 0 aliphatic carbocycles. The van der Waals surface area contributed by atoms with Crippen molar-refractivity contribution in [2.45, 2.75) is 53.6 Å². The lowest BCUT2D eigenvalue weighted by atomic mass is 9.85. The molecule has 2 rings (SSSR count). The van der Waals surface area contributed by atoms with Crippen LogP contribution >= 0.6 is 0 Å². The maximum absolute atomic E-state index is 12.1. The molecule has 6 nitrogen and oxygen atoms in total. The Morgan fingerprint density at radius 2 is 1.92 bits per heavy atom. The number of carbonyl (C=O) groups excluding carboxylic acids is 1. The third kappa shape index (κ3) is 3.64. The van der Waals surface area contributed by atoms with E-state index in [2.05, 4.69) is 0 Å². The van der Waals surface area contributed by atoms with Crippen molar-refractivity contribution in [1.82, 2.24) is 0 Å². The number of allylic oxidation sites excluding steroid dienone is 2. The fourth-order valence-electron chi connectivity index (χ4n) is 3.49. The van der Waals surface area contributed by atoms with Crippen molar-refractivity contribution >= 4 is 17.9 Å². The number of esters is 1. The predicted molar refractivity (Wildman–Crippen MR) is 95.5 cm³/mol. The molecule has 0 spiro atoms. The lowest BCUT2D eigenvalue weighted by Crippen LogP contribution is -2.15. The van der Waals surface area contributed by atoms with Crippen molar-refractivity contribution in [1.29, 1.82) is 0 Å². The Balaban J connectivity index is 2.56. The standard InChI is InChI=1S/C20H24O6/c1-5-13-12(4)15-9-26-20(25)18(15)17(19(23)24)14(13)7-6-10(2)11(3)8-16(21)22/h6,11H,5,7-9H2,1-4H3,(H,21,22)(H,23,24)/b10-6+. The van der Waals surface area contributed by atoms with Crippen LogP contribution in [0.4, 0.5) is 0 Å². The molecular weight excluding hydrogens is 336 g/mol. The van der Waals surface area contributed by atoms with Gasteiger partial charge < -0.3 is 14.9 Å². The minimum Gasteiger partial charge on any atom is -0.481 e. The summed E-state index contributed by atoms with van der Waals surface area (Å²) in [6.07, 6.45) is 2.85. The van der Waals surface area contributed by atoms with Crippen LogP contribution in [0.5, 0.6) is 0 Å².